The van der Waals surface area contributed by atoms with Crippen LogP contribution in [0.4, 0.5) is 5.82 Å². The Morgan fingerprint density at radius 1 is 0.943 bits per heavy atom. The minimum absolute atomic E-state index is 0.471. The van der Waals surface area contributed by atoms with Gasteiger partial charge in [-0.1, -0.05) is 48.5 Å². The van der Waals surface area contributed by atoms with Gasteiger partial charge >= 0.3 is 5.97 Å². The van der Waals surface area contributed by atoms with Crippen molar-refractivity contribution in [3.05, 3.63) is 103 Å². The van der Waals surface area contributed by atoms with Crippen LogP contribution in [-0.2, 0) is 11.3 Å². The maximum atomic E-state index is 11.5. The van der Waals surface area contributed by atoms with Crippen molar-refractivity contribution in [3.63, 3.8) is 0 Å². The molecule has 0 amide bonds. The smallest absolute Gasteiger partial charge is 0.310 e. The molecule has 0 aliphatic carbocycles. The second-order valence-electron chi connectivity index (χ2n) is 8.20. The Balaban J connectivity index is 1.66. The van der Waals surface area contributed by atoms with Gasteiger partial charge in [0.05, 0.1) is 29.1 Å². The number of hydrogen-bond donors (Lipinski definition) is 2. The van der Waals surface area contributed by atoms with Gasteiger partial charge in [-0.05, 0) is 47.9 Å². The molecule has 5 rings (SSSR count). The highest BCUT2D eigenvalue weighted by atomic mass is 16.4. The number of pyridine rings is 2. The van der Waals surface area contributed by atoms with Gasteiger partial charge in [0.25, 0.3) is 0 Å². The molecule has 7 heteroatoms. The number of benzene rings is 2. The van der Waals surface area contributed by atoms with E-state index in [1.54, 1.807) is 31.6 Å². The number of carboxylic acids is 1. The number of anilines is 1. The van der Waals surface area contributed by atoms with E-state index in [1.807, 2.05) is 48.5 Å². The number of rotatable bonds is 7. The van der Waals surface area contributed by atoms with Crippen LogP contribution in [0, 0.1) is 0 Å². The van der Waals surface area contributed by atoms with Crippen molar-refractivity contribution in [1.82, 2.24) is 19.9 Å². The predicted octanol–water partition coefficient (Wildman–Crippen LogP) is 5.55. The minimum atomic E-state index is -0.909. The molecule has 2 aromatic carbocycles. The molecular formula is C28H23N5O2. The fraction of sp³-hybridized carbons (Fsp3) is 0.107. The van der Waals surface area contributed by atoms with Gasteiger partial charge in [-0.25, -0.2) is 9.97 Å². The molecule has 0 saturated heterocycles. The summed E-state index contributed by atoms with van der Waals surface area (Å²) in [7, 11) is 0. The minimum Gasteiger partial charge on any atom is -0.481 e. The first-order valence-electron chi connectivity index (χ1n) is 11.3. The van der Waals surface area contributed by atoms with Gasteiger partial charge in [0.2, 0.25) is 0 Å². The van der Waals surface area contributed by atoms with Crippen molar-refractivity contribution in [2.24, 2.45) is 0 Å². The van der Waals surface area contributed by atoms with Crippen molar-refractivity contribution in [2.45, 2.75) is 19.4 Å². The van der Waals surface area contributed by atoms with Crippen molar-refractivity contribution < 1.29 is 9.90 Å². The topological polar surface area (TPSA) is 101 Å². The van der Waals surface area contributed by atoms with Gasteiger partial charge in [0.1, 0.15) is 5.82 Å². The van der Waals surface area contributed by atoms with Crippen LogP contribution in [0.15, 0.2) is 91.4 Å². The highest BCUT2D eigenvalue weighted by molar-refractivity contribution is 6.02. The van der Waals surface area contributed by atoms with Crippen molar-refractivity contribution >= 4 is 22.7 Å². The fourth-order valence-corrected chi connectivity index (χ4v) is 3.93. The molecule has 0 aliphatic rings. The van der Waals surface area contributed by atoms with E-state index in [2.05, 4.69) is 33.5 Å². The molecule has 35 heavy (non-hydrogen) atoms. The van der Waals surface area contributed by atoms with E-state index in [0.717, 1.165) is 27.7 Å². The summed E-state index contributed by atoms with van der Waals surface area (Å²) in [6.07, 6.45) is 4.98. The average molecular weight is 462 g/mol. The molecule has 0 bridgehead atoms. The van der Waals surface area contributed by atoms with Crippen LogP contribution in [0.25, 0.3) is 33.4 Å². The number of nitrogens with zero attached hydrogens (tertiary/aromatic N) is 4. The van der Waals surface area contributed by atoms with Crippen LogP contribution < -0.4 is 5.32 Å². The molecule has 1 atom stereocenters. The van der Waals surface area contributed by atoms with E-state index < -0.39 is 11.9 Å². The highest BCUT2D eigenvalue weighted by Crippen LogP contribution is 2.34. The summed E-state index contributed by atoms with van der Waals surface area (Å²) >= 11 is 0. The Bertz CT molecular complexity index is 1490. The lowest BCUT2D eigenvalue weighted by atomic mass is 10.00. The second-order valence-corrected chi connectivity index (χ2v) is 8.20. The SMILES string of the molecule is CC(C(=O)O)c1cncc(-c2nc(NCc3ccccn3)c3c(-c4ccccc4)cccc3n2)c1. The van der Waals surface area contributed by atoms with Crippen LogP contribution in [0.1, 0.15) is 24.1 Å². The first-order valence-corrected chi connectivity index (χ1v) is 11.3. The van der Waals surface area contributed by atoms with Gasteiger partial charge in [-0.3, -0.25) is 14.8 Å². The zero-order valence-electron chi connectivity index (χ0n) is 19.1. The monoisotopic (exact) mass is 461 g/mol. The Morgan fingerprint density at radius 3 is 2.54 bits per heavy atom. The summed E-state index contributed by atoms with van der Waals surface area (Å²) in [5.74, 6) is -0.451. The third-order valence-corrected chi connectivity index (χ3v) is 5.86. The van der Waals surface area contributed by atoms with Gasteiger partial charge in [0.15, 0.2) is 5.82 Å². The Labute approximate surface area is 202 Å². The molecule has 0 fully saturated rings. The number of aromatic nitrogens is 4. The number of hydrogen-bond acceptors (Lipinski definition) is 6. The average Bonchev–Trinajstić information content (AvgIpc) is 2.92. The van der Waals surface area contributed by atoms with Crippen LogP contribution >= 0.6 is 0 Å². The van der Waals surface area contributed by atoms with Gasteiger partial charge < -0.3 is 10.4 Å². The van der Waals surface area contributed by atoms with Gasteiger partial charge in [-0.2, -0.15) is 0 Å². The highest BCUT2D eigenvalue weighted by Gasteiger charge is 2.18. The van der Waals surface area contributed by atoms with Crippen molar-refractivity contribution in [3.8, 4) is 22.5 Å². The summed E-state index contributed by atoms with van der Waals surface area (Å²) in [4.78, 5) is 29.9. The maximum absolute atomic E-state index is 11.5. The first-order chi connectivity index (χ1) is 17.1. The Hall–Kier alpha value is -4.65. The third-order valence-electron chi connectivity index (χ3n) is 5.86. The zero-order chi connectivity index (χ0) is 24.2. The summed E-state index contributed by atoms with van der Waals surface area (Å²) in [5.41, 5.74) is 5.00. The normalized spacial score (nSPS) is 11.8. The molecule has 0 saturated carbocycles. The Kier molecular flexibility index (Phi) is 6.13. The van der Waals surface area contributed by atoms with Gasteiger partial charge in [-0.15, -0.1) is 0 Å². The lowest BCUT2D eigenvalue weighted by Crippen LogP contribution is -2.08. The maximum Gasteiger partial charge on any atom is 0.310 e. The number of carboxylic acid groups (broad SMARTS) is 1. The molecule has 0 spiro atoms. The lowest BCUT2D eigenvalue weighted by molar-refractivity contribution is -0.138. The van der Waals surface area contributed by atoms with Crippen LogP contribution in [0.2, 0.25) is 0 Å². The standard InChI is InChI=1S/C28H23N5O2/c1-18(28(34)35)20-14-21(16-29-15-20)26-32-24-12-7-11-23(19-8-3-2-4-9-19)25(24)27(33-26)31-17-22-10-5-6-13-30-22/h2-16,18H,17H2,1H3,(H,34,35)(H,31,32,33). The molecule has 3 heterocycles. The molecule has 1 unspecified atom stereocenters. The summed E-state index contributed by atoms with van der Waals surface area (Å²) in [5, 5.41) is 13.8. The number of nitrogens with one attached hydrogen (secondary N) is 1. The fourth-order valence-electron chi connectivity index (χ4n) is 3.93. The van der Waals surface area contributed by atoms with E-state index in [9.17, 15) is 9.90 Å². The Morgan fingerprint density at radius 2 is 1.77 bits per heavy atom. The zero-order valence-corrected chi connectivity index (χ0v) is 19.1. The van der Waals surface area contributed by atoms with E-state index >= 15 is 0 Å². The van der Waals surface area contributed by atoms with Crippen LogP contribution in [-0.4, -0.2) is 31.0 Å². The second kappa shape index (κ2) is 9.69. The molecule has 3 aromatic heterocycles. The van der Waals surface area contributed by atoms with E-state index in [1.165, 1.54) is 0 Å². The van der Waals surface area contributed by atoms with E-state index in [-0.39, 0.29) is 0 Å². The molecular weight excluding hydrogens is 438 g/mol. The molecule has 0 aliphatic heterocycles. The lowest BCUT2D eigenvalue weighted by Gasteiger charge is -2.15. The quantitative estimate of drug-likeness (QED) is 0.327. The summed E-state index contributed by atoms with van der Waals surface area (Å²) < 4.78 is 0. The number of fused-ring (bicyclic) bond motifs is 1. The third kappa shape index (κ3) is 4.70. The molecule has 2 N–H and O–H groups in total. The first kappa shape index (κ1) is 22.2. The van der Waals surface area contributed by atoms with Crippen molar-refractivity contribution in [2.75, 3.05) is 5.32 Å². The van der Waals surface area contributed by atoms with Crippen LogP contribution in [0.3, 0.4) is 0 Å². The molecule has 0 radical (unpaired) electrons. The molecule has 5 aromatic rings. The van der Waals surface area contributed by atoms with E-state index in [4.69, 9.17) is 9.97 Å². The number of aliphatic carboxylic acids is 1. The molecule has 172 valence electrons. The van der Waals surface area contributed by atoms with Crippen molar-refractivity contribution in [1.29, 1.82) is 0 Å². The van der Waals surface area contributed by atoms with E-state index in [0.29, 0.717) is 29.3 Å². The summed E-state index contributed by atoms with van der Waals surface area (Å²) in [6, 6.07) is 23.7. The predicted molar refractivity (Wildman–Crippen MR) is 136 cm³/mol. The van der Waals surface area contributed by atoms with Crippen LogP contribution in [0.5, 0.6) is 0 Å². The number of carbonyl (C=O) groups is 1. The summed E-state index contributed by atoms with van der Waals surface area (Å²) in [6.45, 7) is 2.13. The largest absolute Gasteiger partial charge is 0.481 e. The van der Waals surface area contributed by atoms with Gasteiger partial charge in [0, 0.05) is 24.2 Å². The molecule has 7 nitrogen and oxygen atoms in total.